The van der Waals surface area contributed by atoms with Crippen LogP contribution in [0.4, 0.5) is 16.2 Å². The van der Waals surface area contributed by atoms with E-state index in [0.717, 1.165) is 42.7 Å². The Labute approximate surface area is 169 Å². The average molecular weight is 397 g/mol. The van der Waals surface area contributed by atoms with Crippen LogP contribution in [-0.4, -0.2) is 28.3 Å². The van der Waals surface area contributed by atoms with Crippen molar-refractivity contribution in [3.63, 3.8) is 0 Å². The zero-order chi connectivity index (χ0) is 20.4. The molecular formula is C21H27N5O3. The second-order valence-electron chi connectivity index (χ2n) is 7.21. The SMILES string of the molecule is CCn1c(=O)n(CC)c2cc(N3CCCC3)c(NC(=O)NCc3ccco3)cc21. The summed E-state index contributed by atoms with van der Waals surface area (Å²) in [5, 5.41) is 5.80. The molecule has 8 nitrogen and oxygen atoms in total. The van der Waals surface area contributed by atoms with Crippen molar-refractivity contribution in [3.05, 3.63) is 46.8 Å². The maximum absolute atomic E-state index is 12.8. The number of furan rings is 1. The standard InChI is InChI=1S/C21H27N5O3/c1-3-25-18-12-16(23-20(27)22-14-15-8-7-11-29-15)17(24-9-5-6-10-24)13-19(18)26(4-2)21(25)28/h7-8,11-13H,3-6,9-10,14H2,1-2H3,(H2,22,23,27). The van der Waals surface area contributed by atoms with Gasteiger partial charge in [0, 0.05) is 26.2 Å². The molecule has 0 unspecified atom stereocenters. The number of nitrogens with one attached hydrogen (secondary N) is 2. The Hall–Kier alpha value is -3.16. The van der Waals surface area contributed by atoms with E-state index in [2.05, 4.69) is 15.5 Å². The molecule has 0 aliphatic carbocycles. The fraction of sp³-hybridized carbons (Fsp3) is 0.429. The van der Waals surface area contributed by atoms with Crippen molar-refractivity contribution >= 4 is 28.4 Å². The number of amides is 2. The number of hydrogen-bond donors (Lipinski definition) is 2. The largest absolute Gasteiger partial charge is 0.467 e. The Morgan fingerprint density at radius 2 is 1.79 bits per heavy atom. The number of nitrogens with zero attached hydrogens (tertiary/aromatic N) is 3. The lowest BCUT2D eigenvalue weighted by Gasteiger charge is -2.22. The van der Waals surface area contributed by atoms with Crippen molar-refractivity contribution in [2.75, 3.05) is 23.3 Å². The van der Waals surface area contributed by atoms with Gasteiger partial charge in [-0.25, -0.2) is 9.59 Å². The fourth-order valence-electron chi connectivity index (χ4n) is 4.03. The van der Waals surface area contributed by atoms with E-state index in [4.69, 9.17) is 4.42 Å². The van der Waals surface area contributed by atoms with Gasteiger partial charge in [-0.1, -0.05) is 0 Å². The summed E-state index contributed by atoms with van der Waals surface area (Å²) in [4.78, 5) is 27.6. The van der Waals surface area contributed by atoms with E-state index < -0.39 is 0 Å². The predicted octanol–water partition coefficient (Wildman–Crippen LogP) is 3.36. The molecule has 1 aromatic carbocycles. The maximum Gasteiger partial charge on any atom is 0.329 e. The van der Waals surface area contributed by atoms with E-state index in [0.29, 0.717) is 31.1 Å². The summed E-state index contributed by atoms with van der Waals surface area (Å²) < 4.78 is 8.80. The molecule has 0 spiro atoms. The van der Waals surface area contributed by atoms with E-state index in [1.165, 1.54) is 0 Å². The second kappa shape index (κ2) is 8.06. The van der Waals surface area contributed by atoms with Crippen LogP contribution in [0, 0.1) is 0 Å². The minimum absolute atomic E-state index is 0.0169. The summed E-state index contributed by atoms with van der Waals surface area (Å²) in [6, 6.07) is 7.26. The zero-order valence-corrected chi connectivity index (χ0v) is 16.9. The molecule has 0 saturated carbocycles. The second-order valence-corrected chi connectivity index (χ2v) is 7.21. The van der Waals surface area contributed by atoms with Crippen molar-refractivity contribution in [1.29, 1.82) is 0 Å². The van der Waals surface area contributed by atoms with Crippen LogP contribution in [0.2, 0.25) is 0 Å². The lowest BCUT2D eigenvalue weighted by molar-refractivity contribution is 0.251. The number of fused-ring (bicyclic) bond motifs is 1. The van der Waals surface area contributed by atoms with Crippen LogP contribution in [0.5, 0.6) is 0 Å². The number of benzene rings is 1. The van der Waals surface area contributed by atoms with Crippen LogP contribution < -0.4 is 21.2 Å². The van der Waals surface area contributed by atoms with Gasteiger partial charge in [0.25, 0.3) is 0 Å². The van der Waals surface area contributed by atoms with Crippen LogP contribution >= 0.6 is 0 Å². The Kier molecular flexibility index (Phi) is 5.33. The molecule has 2 amide bonds. The van der Waals surface area contributed by atoms with Gasteiger partial charge in [-0.15, -0.1) is 0 Å². The lowest BCUT2D eigenvalue weighted by Crippen LogP contribution is -2.29. The molecule has 1 fully saturated rings. The summed E-state index contributed by atoms with van der Waals surface area (Å²) in [7, 11) is 0. The molecule has 3 heterocycles. The minimum Gasteiger partial charge on any atom is -0.467 e. The van der Waals surface area contributed by atoms with Crippen molar-refractivity contribution < 1.29 is 9.21 Å². The van der Waals surface area contributed by atoms with Crippen molar-refractivity contribution in [1.82, 2.24) is 14.5 Å². The molecule has 2 N–H and O–H groups in total. The highest BCUT2D eigenvalue weighted by Gasteiger charge is 2.21. The normalized spacial score (nSPS) is 13.9. The lowest BCUT2D eigenvalue weighted by atomic mass is 10.2. The quantitative estimate of drug-likeness (QED) is 0.668. The first kappa shape index (κ1) is 19.2. The number of aryl methyl sites for hydroxylation is 2. The highest BCUT2D eigenvalue weighted by atomic mass is 16.3. The van der Waals surface area contributed by atoms with Gasteiger partial charge in [0.05, 0.1) is 35.2 Å². The van der Waals surface area contributed by atoms with Gasteiger partial charge >= 0.3 is 11.7 Å². The summed E-state index contributed by atoms with van der Waals surface area (Å²) in [5.41, 5.74) is 3.40. The zero-order valence-electron chi connectivity index (χ0n) is 16.9. The molecule has 4 rings (SSSR count). The average Bonchev–Trinajstić information content (AvgIpc) is 3.46. The Morgan fingerprint density at radius 1 is 1.10 bits per heavy atom. The molecule has 0 bridgehead atoms. The molecular weight excluding hydrogens is 370 g/mol. The molecule has 3 aromatic rings. The van der Waals surface area contributed by atoms with Crippen LogP contribution in [0.25, 0.3) is 11.0 Å². The number of rotatable bonds is 6. The molecule has 29 heavy (non-hydrogen) atoms. The predicted molar refractivity (Wildman–Crippen MR) is 114 cm³/mol. The topological polar surface area (TPSA) is 84.4 Å². The van der Waals surface area contributed by atoms with Crippen molar-refractivity contribution in [2.45, 2.75) is 46.3 Å². The first-order chi connectivity index (χ1) is 14.1. The molecule has 0 radical (unpaired) electrons. The molecule has 8 heteroatoms. The van der Waals surface area contributed by atoms with Crippen molar-refractivity contribution in [3.8, 4) is 0 Å². The van der Waals surface area contributed by atoms with E-state index in [1.807, 2.05) is 32.0 Å². The van der Waals surface area contributed by atoms with Crippen molar-refractivity contribution in [2.24, 2.45) is 0 Å². The number of carbonyl (C=O) groups excluding carboxylic acids is 1. The first-order valence-electron chi connectivity index (χ1n) is 10.2. The fourth-order valence-corrected chi connectivity index (χ4v) is 4.03. The van der Waals surface area contributed by atoms with Crippen LogP contribution in [0.1, 0.15) is 32.4 Å². The summed E-state index contributed by atoms with van der Waals surface area (Å²) in [6.07, 6.45) is 3.83. The molecule has 154 valence electrons. The maximum atomic E-state index is 12.8. The third-order valence-electron chi connectivity index (χ3n) is 5.47. The minimum atomic E-state index is -0.304. The van der Waals surface area contributed by atoms with Gasteiger partial charge in [0.2, 0.25) is 0 Å². The monoisotopic (exact) mass is 397 g/mol. The van der Waals surface area contributed by atoms with Gasteiger partial charge in [-0.2, -0.15) is 0 Å². The van der Waals surface area contributed by atoms with E-state index in [9.17, 15) is 9.59 Å². The Bertz CT molecular complexity index is 1060. The van der Waals surface area contributed by atoms with Gasteiger partial charge in [0.15, 0.2) is 0 Å². The number of urea groups is 1. The molecule has 1 aliphatic rings. The number of hydrogen-bond acceptors (Lipinski definition) is 4. The molecule has 0 atom stereocenters. The van der Waals surface area contributed by atoms with Crippen LogP contribution in [0.3, 0.4) is 0 Å². The van der Waals surface area contributed by atoms with Gasteiger partial charge < -0.3 is 20.0 Å². The Balaban J connectivity index is 1.71. The summed E-state index contributed by atoms with van der Waals surface area (Å²) in [6.45, 7) is 7.32. The van der Waals surface area contributed by atoms with Gasteiger partial charge in [-0.05, 0) is 51.0 Å². The third-order valence-corrected chi connectivity index (χ3v) is 5.47. The number of aromatic nitrogens is 2. The van der Waals surface area contributed by atoms with Gasteiger partial charge in [0.1, 0.15) is 5.76 Å². The van der Waals surface area contributed by atoms with Crippen LogP contribution in [-0.2, 0) is 19.6 Å². The third kappa shape index (κ3) is 3.62. The molecule has 2 aromatic heterocycles. The van der Waals surface area contributed by atoms with E-state index in [1.54, 1.807) is 21.5 Å². The molecule has 1 aliphatic heterocycles. The highest BCUT2D eigenvalue weighted by molar-refractivity contribution is 5.98. The number of carbonyl (C=O) groups is 1. The summed E-state index contributed by atoms with van der Waals surface area (Å²) >= 11 is 0. The van der Waals surface area contributed by atoms with Crippen LogP contribution in [0.15, 0.2) is 39.7 Å². The first-order valence-corrected chi connectivity index (χ1v) is 10.2. The van der Waals surface area contributed by atoms with E-state index >= 15 is 0 Å². The Morgan fingerprint density at radius 3 is 2.41 bits per heavy atom. The van der Waals surface area contributed by atoms with E-state index in [-0.39, 0.29) is 11.7 Å². The number of imidazole rings is 1. The number of anilines is 2. The summed E-state index contributed by atoms with van der Waals surface area (Å²) in [5.74, 6) is 0.690. The smallest absolute Gasteiger partial charge is 0.329 e. The highest BCUT2D eigenvalue weighted by Crippen LogP contribution is 2.33. The van der Waals surface area contributed by atoms with Gasteiger partial charge in [-0.3, -0.25) is 9.13 Å². The molecule has 1 saturated heterocycles.